The van der Waals surface area contributed by atoms with Crippen LogP contribution in [0.25, 0.3) is 0 Å². The molecular weight excluding hydrogens is 186 g/mol. The maximum absolute atomic E-state index is 11.2. The van der Waals surface area contributed by atoms with Gasteiger partial charge in [0.25, 0.3) is 0 Å². The Kier molecular flexibility index (Phi) is 2.83. The van der Waals surface area contributed by atoms with E-state index in [4.69, 9.17) is 5.41 Å². The van der Waals surface area contributed by atoms with Crippen molar-refractivity contribution in [3.8, 4) is 0 Å². The standard InChI is InChI=1S/C9H11NO2S/c1-2-8-4-3-5-9(6-8)13(11,12)7-10/h3-7,10H,2H2,1H3. The Morgan fingerprint density at radius 3 is 2.69 bits per heavy atom. The number of rotatable bonds is 3. The molecule has 1 N–H and O–H groups in total. The molecule has 0 saturated heterocycles. The first kappa shape index (κ1) is 9.92. The second-order valence-electron chi connectivity index (χ2n) is 2.66. The third-order valence-corrected chi connectivity index (χ3v) is 3.01. The predicted octanol–water partition coefficient (Wildman–Crippen LogP) is 1.63. The minimum Gasteiger partial charge on any atom is -0.297 e. The third kappa shape index (κ3) is 2.15. The van der Waals surface area contributed by atoms with Crippen LogP contribution in [0.5, 0.6) is 0 Å². The van der Waals surface area contributed by atoms with Gasteiger partial charge < -0.3 is 0 Å². The Balaban J connectivity index is 3.24. The largest absolute Gasteiger partial charge is 0.297 e. The van der Waals surface area contributed by atoms with Crippen LogP contribution in [0.4, 0.5) is 0 Å². The van der Waals surface area contributed by atoms with Crippen LogP contribution in [0.15, 0.2) is 29.2 Å². The molecule has 0 aliphatic rings. The van der Waals surface area contributed by atoms with Gasteiger partial charge in [-0.05, 0) is 24.1 Å². The molecule has 0 saturated carbocycles. The highest BCUT2D eigenvalue weighted by atomic mass is 32.2. The summed E-state index contributed by atoms with van der Waals surface area (Å²) in [7, 11) is -3.49. The molecule has 0 aromatic heterocycles. The number of sulfone groups is 1. The first-order valence-electron chi connectivity index (χ1n) is 3.94. The summed E-state index contributed by atoms with van der Waals surface area (Å²) in [5, 5.41) is 6.76. The van der Waals surface area contributed by atoms with Crippen molar-refractivity contribution in [2.75, 3.05) is 0 Å². The lowest BCUT2D eigenvalue weighted by Crippen LogP contribution is -2.01. The summed E-state index contributed by atoms with van der Waals surface area (Å²) in [5.41, 5.74) is 1.44. The summed E-state index contributed by atoms with van der Waals surface area (Å²) in [4.78, 5) is 0.196. The normalized spacial score (nSPS) is 11.2. The topological polar surface area (TPSA) is 58.0 Å². The van der Waals surface area contributed by atoms with Crippen LogP contribution in [0, 0.1) is 5.41 Å². The molecule has 0 spiro atoms. The second kappa shape index (κ2) is 3.70. The molecule has 1 aromatic rings. The molecule has 0 fully saturated rings. The van der Waals surface area contributed by atoms with Gasteiger partial charge in [-0.15, -0.1) is 0 Å². The molecular formula is C9H11NO2S. The van der Waals surface area contributed by atoms with E-state index in [9.17, 15) is 8.42 Å². The third-order valence-electron chi connectivity index (χ3n) is 1.79. The smallest absolute Gasteiger partial charge is 0.216 e. The number of benzene rings is 1. The Hall–Kier alpha value is -1.16. The van der Waals surface area contributed by atoms with Gasteiger partial charge in [0.1, 0.15) is 5.55 Å². The lowest BCUT2D eigenvalue weighted by Gasteiger charge is -2.00. The second-order valence-corrected chi connectivity index (χ2v) is 4.46. The molecule has 0 aliphatic carbocycles. The first-order chi connectivity index (χ1) is 6.10. The Bertz CT molecular complexity index is 409. The molecule has 0 bridgehead atoms. The SMILES string of the molecule is CCc1cccc(S(=O)(=O)C=N)c1. The Labute approximate surface area is 77.8 Å². The van der Waals surface area contributed by atoms with E-state index in [2.05, 4.69) is 0 Å². The summed E-state index contributed by atoms with van der Waals surface area (Å²) in [6, 6.07) is 6.65. The summed E-state index contributed by atoms with van der Waals surface area (Å²) in [5.74, 6) is 0. The zero-order valence-corrected chi connectivity index (χ0v) is 8.14. The minimum atomic E-state index is -3.49. The summed E-state index contributed by atoms with van der Waals surface area (Å²) in [6.45, 7) is 1.95. The van der Waals surface area contributed by atoms with Crippen molar-refractivity contribution in [2.24, 2.45) is 0 Å². The molecule has 0 aliphatic heterocycles. The fourth-order valence-corrected chi connectivity index (χ4v) is 1.73. The Morgan fingerprint density at radius 1 is 1.46 bits per heavy atom. The highest BCUT2D eigenvalue weighted by Crippen LogP contribution is 2.11. The van der Waals surface area contributed by atoms with E-state index in [-0.39, 0.29) is 4.90 Å². The quantitative estimate of drug-likeness (QED) is 0.591. The van der Waals surface area contributed by atoms with Crippen molar-refractivity contribution in [3.05, 3.63) is 29.8 Å². The first-order valence-corrected chi connectivity index (χ1v) is 5.49. The highest BCUT2D eigenvalue weighted by molar-refractivity contribution is 8.04. The van der Waals surface area contributed by atoms with Gasteiger partial charge in [-0.25, -0.2) is 8.42 Å². The number of hydrogen-bond acceptors (Lipinski definition) is 3. The predicted molar refractivity (Wildman–Crippen MR) is 51.8 cm³/mol. The van der Waals surface area contributed by atoms with Crippen molar-refractivity contribution in [3.63, 3.8) is 0 Å². The van der Waals surface area contributed by atoms with Crippen LogP contribution in [-0.2, 0) is 16.3 Å². The maximum atomic E-state index is 11.2. The molecule has 1 rings (SSSR count). The van der Waals surface area contributed by atoms with Crippen LogP contribution < -0.4 is 0 Å². The van der Waals surface area contributed by atoms with Gasteiger partial charge >= 0.3 is 0 Å². The lowest BCUT2D eigenvalue weighted by molar-refractivity contribution is 0.607. The fourth-order valence-electron chi connectivity index (χ4n) is 1.01. The van der Waals surface area contributed by atoms with Gasteiger partial charge in [-0.3, -0.25) is 5.41 Å². The molecule has 0 radical (unpaired) electrons. The van der Waals surface area contributed by atoms with Crippen LogP contribution in [-0.4, -0.2) is 14.0 Å². The molecule has 0 heterocycles. The Morgan fingerprint density at radius 2 is 2.15 bits per heavy atom. The molecule has 3 nitrogen and oxygen atoms in total. The lowest BCUT2D eigenvalue weighted by atomic mass is 10.2. The summed E-state index contributed by atoms with van der Waals surface area (Å²) < 4.78 is 22.5. The van der Waals surface area contributed by atoms with Crippen LogP contribution in [0.1, 0.15) is 12.5 Å². The van der Waals surface area contributed by atoms with Crippen LogP contribution in [0.3, 0.4) is 0 Å². The minimum absolute atomic E-state index is 0.196. The highest BCUT2D eigenvalue weighted by Gasteiger charge is 2.09. The van der Waals surface area contributed by atoms with E-state index in [0.29, 0.717) is 5.55 Å². The molecule has 0 unspecified atom stereocenters. The van der Waals surface area contributed by atoms with Crippen LogP contribution in [0.2, 0.25) is 0 Å². The van der Waals surface area contributed by atoms with Gasteiger partial charge in [0, 0.05) is 0 Å². The number of hydrogen-bond donors (Lipinski definition) is 1. The van der Waals surface area contributed by atoms with Gasteiger partial charge in [-0.2, -0.15) is 0 Å². The van der Waals surface area contributed by atoms with Crippen molar-refractivity contribution < 1.29 is 8.42 Å². The number of nitrogens with one attached hydrogen (secondary N) is 1. The maximum Gasteiger partial charge on any atom is 0.216 e. The molecule has 0 atom stereocenters. The average Bonchev–Trinajstić information content (AvgIpc) is 2.18. The molecule has 1 aromatic carbocycles. The monoisotopic (exact) mass is 197 g/mol. The fraction of sp³-hybridized carbons (Fsp3) is 0.222. The van der Waals surface area contributed by atoms with Gasteiger partial charge in [-0.1, -0.05) is 19.1 Å². The van der Waals surface area contributed by atoms with E-state index in [1.807, 2.05) is 13.0 Å². The zero-order chi connectivity index (χ0) is 9.90. The van der Waals surface area contributed by atoms with Crippen molar-refractivity contribution in [2.45, 2.75) is 18.2 Å². The number of aryl methyl sites for hydroxylation is 1. The van der Waals surface area contributed by atoms with Crippen LogP contribution >= 0.6 is 0 Å². The van der Waals surface area contributed by atoms with Crippen molar-refractivity contribution in [1.29, 1.82) is 5.41 Å². The van der Waals surface area contributed by atoms with E-state index in [0.717, 1.165) is 12.0 Å². The molecule has 70 valence electrons. The van der Waals surface area contributed by atoms with E-state index in [1.165, 1.54) is 6.07 Å². The summed E-state index contributed by atoms with van der Waals surface area (Å²) >= 11 is 0. The van der Waals surface area contributed by atoms with Crippen molar-refractivity contribution >= 4 is 15.4 Å². The molecule has 4 heteroatoms. The zero-order valence-electron chi connectivity index (χ0n) is 7.32. The van der Waals surface area contributed by atoms with Gasteiger partial charge in [0.15, 0.2) is 0 Å². The molecule has 13 heavy (non-hydrogen) atoms. The average molecular weight is 197 g/mol. The van der Waals surface area contributed by atoms with E-state index < -0.39 is 9.84 Å². The van der Waals surface area contributed by atoms with E-state index >= 15 is 0 Å². The van der Waals surface area contributed by atoms with Gasteiger partial charge in [0.05, 0.1) is 4.90 Å². The van der Waals surface area contributed by atoms with E-state index in [1.54, 1.807) is 12.1 Å². The van der Waals surface area contributed by atoms with Gasteiger partial charge in [0.2, 0.25) is 9.84 Å². The van der Waals surface area contributed by atoms with Crippen molar-refractivity contribution in [1.82, 2.24) is 0 Å². The molecule has 0 amide bonds. The summed E-state index contributed by atoms with van der Waals surface area (Å²) in [6.07, 6.45) is 0.793.